The van der Waals surface area contributed by atoms with E-state index in [1.54, 1.807) is 12.1 Å². The number of fused-ring (bicyclic) bond motifs is 1. The van der Waals surface area contributed by atoms with E-state index in [1.165, 1.54) is 4.90 Å². The van der Waals surface area contributed by atoms with Crippen LogP contribution in [0.1, 0.15) is 23.0 Å². The fourth-order valence-electron chi connectivity index (χ4n) is 4.14. The van der Waals surface area contributed by atoms with Crippen LogP contribution in [0.2, 0.25) is 0 Å². The van der Waals surface area contributed by atoms with E-state index in [0.717, 1.165) is 54.0 Å². The van der Waals surface area contributed by atoms with Crippen LogP contribution in [0.5, 0.6) is 5.75 Å². The molecular weight excluding hydrogens is 338 g/mol. The van der Waals surface area contributed by atoms with Crippen molar-refractivity contribution in [3.8, 4) is 5.75 Å². The van der Waals surface area contributed by atoms with Gasteiger partial charge in [0, 0.05) is 22.3 Å². The zero-order valence-corrected chi connectivity index (χ0v) is 15.8. The maximum atomic E-state index is 13.2. The molecule has 27 heavy (non-hydrogen) atoms. The summed E-state index contributed by atoms with van der Waals surface area (Å²) >= 11 is 0. The molecule has 0 spiro atoms. The molecule has 3 aromatic rings. The summed E-state index contributed by atoms with van der Waals surface area (Å²) in [5, 5.41) is 10.5. The molecular formula is C22H26N3O2+. The first-order chi connectivity index (χ1) is 13.0. The van der Waals surface area contributed by atoms with Gasteiger partial charge in [-0.05, 0) is 44.2 Å². The third-order valence-electron chi connectivity index (χ3n) is 5.77. The van der Waals surface area contributed by atoms with Gasteiger partial charge < -0.3 is 19.9 Å². The normalized spacial score (nSPS) is 16.6. The Morgan fingerprint density at radius 1 is 1.11 bits per heavy atom. The van der Waals surface area contributed by atoms with Crippen LogP contribution in [0.3, 0.4) is 0 Å². The molecule has 1 fully saturated rings. The Hall–Kier alpha value is -2.79. The average Bonchev–Trinajstić information content (AvgIpc) is 3.03. The molecule has 1 saturated heterocycles. The number of aromatic hydroxyl groups is 1. The molecule has 1 aliphatic rings. The van der Waals surface area contributed by atoms with Crippen LogP contribution in [0, 0.1) is 6.92 Å². The van der Waals surface area contributed by atoms with E-state index in [4.69, 9.17) is 0 Å². The largest absolute Gasteiger partial charge is 0.508 e. The number of ketones is 1. The summed E-state index contributed by atoms with van der Waals surface area (Å²) in [4.78, 5) is 20.2. The van der Waals surface area contributed by atoms with E-state index in [-0.39, 0.29) is 17.6 Å². The second-order valence-electron chi connectivity index (χ2n) is 7.42. The lowest BCUT2D eigenvalue weighted by Crippen LogP contribution is -3.18. The van der Waals surface area contributed by atoms with Crippen molar-refractivity contribution in [3.63, 3.8) is 0 Å². The maximum Gasteiger partial charge on any atom is 0.222 e. The number of benzene rings is 2. The Morgan fingerprint density at radius 2 is 1.78 bits per heavy atom. The Balaban J connectivity index is 1.47. The van der Waals surface area contributed by atoms with Gasteiger partial charge in [-0.25, -0.2) is 0 Å². The van der Waals surface area contributed by atoms with Gasteiger partial charge in [0.05, 0.1) is 31.7 Å². The van der Waals surface area contributed by atoms with Gasteiger partial charge in [-0.1, -0.05) is 18.2 Å². The van der Waals surface area contributed by atoms with Gasteiger partial charge >= 0.3 is 0 Å². The fourth-order valence-corrected chi connectivity index (χ4v) is 4.14. The highest BCUT2D eigenvalue weighted by Crippen LogP contribution is 2.23. The number of nitrogens with zero attached hydrogens (tertiary/aromatic N) is 1. The van der Waals surface area contributed by atoms with E-state index in [9.17, 15) is 9.90 Å². The van der Waals surface area contributed by atoms with Gasteiger partial charge in [-0.15, -0.1) is 0 Å². The first-order valence-electron chi connectivity index (χ1n) is 9.54. The summed E-state index contributed by atoms with van der Waals surface area (Å²) in [5.41, 5.74) is 3.94. The number of phenols is 1. The van der Waals surface area contributed by atoms with E-state index < -0.39 is 0 Å². The predicted molar refractivity (Wildman–Crippen MR) is 108 cm³/mol. The lowest BCUT2D eigenvalue weighted by atomic mass is 10.0. The van der Waals surface area contributed by atoms with Crippen LogP contribution >= 0.6 is 0 Å². The van der Waals surface area contributed by atoms with Gasteiger partial charge in [0.2, 0.25) is 5.78 Å². The topological polar surface area (TPSA) is 60.8 Å². The van der Waals surface area contributed by atoms with Crippen molar-refractivity contribution in [2.75, 3.05) is 31.1 Å². The number of Topliss-reactive ketones (excluding diaryl/α,β-unsaturated/α-hetero) is 1. The smallest absolute Gasteiger partial charge is 0.222 e. The highest BCUT2D eigenvalue weighted by Gasteiger charge is 2.32. The molecule has 5 heteroatoms. The quantitative estimate of drug-likeness (QED) is 0.622. The summed E-state index contributed by atoms with van der Waals surface area (Å²) < 4.78 is 0. The minimum atomic E-state index is -0.0649. The Bertz CT molecular complexity index is 953. The van der Waals surface area contributed by atoms with Crippen molar-refractivity contribution in [1.82, 2.24) is 4.98 Å². The SMILES string of the molecule is Cc1[nH]c2ccccc2c1C(=O)[C@@H](C)[NH+]1CCN(c2ccc(O)cc2)CC1. The molecule has 0 saturated carbocycles. The van der Waals surface area contributed by atoms with Crippen LogP contribution in [-0.4, -0.2) is 48.1 Å². The summed E-state index contributed by atoms with van der Waals surface area (Å²) in [6.45, 7) is 7.70. The van der Waals surface area contributed by atoms with Crippen LogP contribution in [0.25, 0.3) is 10.9 Å². The first-order valence-corrected chi connectivity index (χ1v) is 9.54. The van der Waals surface area contributed by atoms with Crippen molar-refractivity contribution >= 4 is 22.4 Å². The minimum Gasteiger partial charge on any atom is -0.508 e. The number of aromatic nitrogens is 1. The first kappa shape index (κ1) is 17.6. The van der Waals surface area contributed by atoms with E-state index in [1.807, 2.05) is 43.3 Å². The minimum absolute atomic E-state index is 0.0649. The molecule has 2 heterocycles. The number of H-pyrrole nitrogens is 1. The van der Waals surface area contributed by atoms with Crippen LogP contribution < -0.4 is 9.80 Å². The number of hydrogen-bond acceptors (Lipinski definition) is 3. The van der Waals surface area contributed by atoms with Crippen molar-refractivity contribution in [1.29, 1.82) is 0 Å². The predicted octanol–water partition coefficient (Wildman–Crippen LogP) is 2.16. The van der Waals surface area contributed by atoms with E-state index in [0.29, 0.717) is 0 Å². The molecule has 0 amide bonds. The molecule has 1 aromatic heterocycles. The highest BCUT2D eigenvalue weighted by atomic mass is 16.3. The van der Waals surface area contributed by atoms with Gasteiger partial charge in [0.1, 0.15) is 11.8 Å². The number of hydrogen-bond donors (Lipinski definition) is 3. The van der Waals surface area contributed by atoms with E-state index in [2.05, 4.69) is 16.8 Å². The summed E-state index contributed by atoms with van der Waals surface area (Å²) in [6, 6.07) is 15.3. The molecule has 4 rings (SSSR count). The molecule has 140 valence electrons. The molecule has 0 unspecified atom stereocenters. The Labute approximate surface area is 159 Å². The number of piperazine rings is 1. The molecule has 3 N–H and O–H groups in total. The van der Waals surface area contributed by atoms with E-state index >= 15 is 0 Å². The average molecular weight is 364 g/mol. The molecule has 0 radical (unpaired) electrons. The fraction of sp³-hybridized carbons (Fsp3) is 0.318. The number of aromatic amines is 1. The molecule has 5 nitrogen and oxygen atoms in total. The van der Waals surface area contributed by atoms with Gasteiger partial charge in [0.25, 0.3) is 0 Å². The second-order valence-corrected chi connectivity index (χ2v) is 7.42. The number of carbonyl (C=O) groups is 1. The zero-order valence-electron chi connectivity index (χ0n) is 15.8. The van der Waals surface area contributed by atoms with Crippen molar-refractivity contribution in [2.45, 2.75) is 19.9 Å². The molecule has 0 bridgehead atoms. The van der Waals surface area contributed by atoms with Crippen LogP contribution in [0.4, 0.5) is 5.69 Å². The highest BCUT2D eigenvalue weighted by molar-refractivity contribution is 6.10. The van der Waals surface area contributed by atoms with Crippen molar-refractivity contribution in [2.24, 2.45) is 0 Å². The molecule has 1 atom stereocenters. The van der Waals surface area contributed by atoms with Crippen LogP contribution in [0.15, 0.2) is 48.5 Å². The van der Waals surface area contributed by atoms with Gasteiger partial charge in [0.15, 0.2) is 0 Å². The number of anilines is 1. The zero-order chi connectivity index (χ0) is 19.0. The van der Waals surface area contributed by atoms with Crippen molar-refractivity contribution < 1.29 is 14.8 Å². The number of aryl methyl sites for hydroxylation is 1. The second kappa shape index (κ2) is 7.08. The van der Waals surface area contributed by atoms with Crippen LogP contribution in [-0.2, 0) is 0 Å². The summed E-state index contributed by atoms with van der Waals surface area (Å²) in [7, 11) is 0. The van der Waals surface area contributed by atoms with Gasteiger partial charge in [-0.3, -0.25) is 4.79 Å². The number of quaternary nitrogens is 1. The summed E-state index contributed by atoms with van der Waals surface area (Å²) in [6.07, 6.45) is 0. The third-order valence-corrected chi connectivity index (χ3v) is 5.77. The Kier molecular flexibility index (Phi) is 4.62. The lowest BCUT2D eigenvalue weighted by molar-refractivity contribution is -0.914. The number of phenolic OH excluding ortho intramolecular Hbond substituents is 1. The van der Waals surface area contributed by atoms with Crippen molar-refractivity contribution in [3.05, 3.63) is 59.8 Å². The molecule has 0 aliphatic carbocycles. The Morgan fingerprint density at radius 3 is 2.48 bits per heavy atom. The summed E-state index contributed by atoms with van der Waals surface area (Å²) in [5.74, 6) is 0.509. The monoisotopic (exact) mass is 364 g/mol. The number of para-hydroxylation sites is 1. The number of rotatable bonds is 4. The maximum absolute atomic E-state index is 13.2. The molecule has 1 aliphatic heterocycles. The number of nitrogens with one attached hydrogen (secondary N) is 2. The lowest BCUT2D eigenvalue weighted by Gasteiger charge is -2.36. The number of carbonyl (C=O) groups excluding carboxylic acids is 1. The van der Waals surface area contributed by atoms with Gasteiger partial charge in [-0.2, -0.15) is 0 Å². The standard InChI is InChI=1S/C22H25N3O2/c1-15-21(19-5-3-4-6-20(19)23-15)22(27)16(2)24-11-13-25(14-12-24)17-7-9-18(26)10-8-17/h3-10,16,23,26H,11-14H2,1-2H3/p+1/t16-/m1/s1. The molecule has 2 aromatic carbocycles. The third kappa shape index (κ3) is 3.30.